The lowest BCUT2D eigenvalue weighted by Crippen LogP contribution is -2.50. The van der Waals surface area contributed by atoms with Gasteiger partial charge in [0.1, 0.15) is 12.4 Å². The van der Waals surface area contributed by atoms with Crippen LogP contribution >= 0.6 is 0 Å². The van der Waals surface area contributed by atoms with Crippen LogP contribution in [0.5, 0.6) is 0 Å². The molecular weight excluding hydrogens is 357 g/mol. The first kappa shape index (κ1) is 20.0. The van der Waals surface area contributed by atoms with Gasteiger partial charge in [-0.2, -0.15) is 0 Å². The zero-order valence-corrected chi connectivity index (χ0v) is 16.1. The minimum absolute atomic E-state index is 0.00742. The minimum atomic E-state index is -0.463. The van der Waals surface area contributed by atoms with E-state index in [-0.39, 0.29) is 29.8 Å². The van der Waals surface area contributed by atoms with E-state index in [1.165, 1.54) is 23.1 Å². The second kappa shape index (κ2) is 9.46. The number of hydrogen-bond donors (Lipinski definition) is 1. The van der Waals surface area contributed by atoms with E-state index < -0.39 is 5.82 Å². The summed E-state index contributed by atoms with van der Waals surface area (Å²) in [5.74, 6) is -0.817. The molecule has 1 atom stereocenters. The lowest BCUT2D eigenvalue weighted by atomic mass is 10.0. The predicted molar refractivity (Wildman–Crippen MR) is 107 cm³/mol. The maximum absolute atomic E-state index is 13.6. The Labute approximate surface area is 165 Å². The highest BCUT2D eigenvalue weighted by atomic mass is 19.1. The molecule has 1 saturated heterocycles. The zero-order chi connectivity index (χ0) is 19.9. The number of nitrogens with one attached hydrogen (secondary N) is 1. The van der Waals surface area contributed by atoms with Crippen molar-refractivity contribution in [3.05, 3.63) is 71.5 Å². The monoisotopic (exact) mass is 383 g/mol. The highest BCUT2D eigenvalue weighted by Crippen LogP contribution is 2.18. The van der Waals surface area contributed by atoms with Gasteiger partial charge < -0.3 is 15.1 Å². The largest absolute Gasteiger partial charge is 0.339 e. The maximum atomic E-state index is 13.6. The fraction of sp³-hybridized carbons (Fsp3) is 0.364. The molecule has 2 aromatic carbocycles. The van der Waals surface area contributed by atoms with Crippen molar-refractivity contribution in [1.82, 2.24) is 15.1 Å². The first-order valence-electron chi connectivity index (χ1n) is 9.63. The summed E-state index contributed by atoms with van der Waals surface area (Å²) >= 11 is 0. The lowest BCUT2D eigenvalue weighted by molar-refractivity contribution is -0.132. The smallest absolute Gasteiger partial charge is 0.254 e. The Hall–Kier alpha value is -2.73. The van der Waals surface area contributed by atoms with Crippen LogP contribution in [0.3, 0.4) is 0 Å². The summed E-state index contributed by atoms with van der Waals surface area (Å²) in [7, 11) is 0. The Morgan fingerprint density at radius 2 is 1.82 bits per heavy atom. The third-order valence-electron chi connectivity index (χ3n) is 5.02. The van der Waals surface area contributed by atoms with Crippen molar-refractivity contribution in [1.29, 1.82) is 0 Å². The van der Waals surface area contributed by atoms with Crippen LogP contribution in [0.1, 0.15) is 28.8 Å². The Balaban J connectivity index is 1.78. The summed E-state index contributed by atoms with van der Waals surface area (Å²) in [6, 6.07) is 15.5. The highest BCUT2D eigenvalue weighted by Gasteiger charge is 2.25. The van der Waals surface area contributed by atoms with E-state index in [1.54, 1.807) is 11.0 Å². The Morgan fingerprint density at radius 1 is 1.11 bits per heavy atom. The van der Waals surface area contributed by atoms with E-state index in [2.05, 4.69) is 5.32 Å². The van der Waals surface area contributed by atoms with Crippen LogP contribution in [0, 0.1) is 5.82 Å². The molecule has 2 amide bonds. The van der Waals surface area contributed by atoms with E-state index in [9.17, 15) is 14.0 Å². The van der Waals surface area contributed by atoms with Crippen molar-refractivity contribution in [3.8, 4) is 0 Å². The van der Waals surface area contributed by atoms with Crippen LogP contribution < -0.4 is 5.32 Å². The summed E-state index contributed by atoms with van der Waals surface area (Å²) in [6.07, 6.45) is 0. The molecule has 1 N–H and O–H groups in total. The van der Waals surface area contributed by atoms with Crippen molar-refractivity contribution in [2.75, 3.05) is 39.3 Å². The first-order valence-corrected chi connectivity index (χ1v) is 9.63. The molecule has 6 heteroatoms. The van der Waals surface area contributed by atoms with Crippen molar-refractivity contribution in [2.24, 2.45) is 0 Å². The SMILES string of the molecule is C[C@H](CN(CC(=O)N1CCNCC1)C(=O)c1cccc(F)c1)c1ccccc1. The molecule has 3 rings (SSSR count). The van der Waals surface area contributed by atoms with Gasteiger partial charge in [0.15, 0.2) is 0 Å². The zero-order valence-electron chi connectivity index (χ0n) is 16.1. The summed E-state index contributed by atoms with van der Waals surface area (Å²) < 4.78 is 13.6. The normalized spacial score (nSPS) is 15.1. The Bertz CT molecular complexity index is 806. The van der Waals surface area contributed by atoms with Gasteiger partial charge in [-0.15, -0.1) is 0 Å². The van der Waals surface area contributed by atoms with Crippen molar-refractivity contribution < 1.29 is 14.0 Å². The van der Waals surface area contributed by atoms with Crippen molar-refractivity contribution in [2.45, 2.75) is 12.8 Å². The molecule has 0 unspecified atom stereocenters. The lowest BCUT2D eigenvalue weighted by Gasteiger charge is -2.31. The number of carbonyl (C=O) groups excluding carboxylic acids is 2. The van der Waals surface area contributed by atoms with Gasteiger partial charge in [0, 0.05) is 38.3 Å². The topological polar surface area (TPSA) is 52.7 Å². The molecule has 0 aromatic heterocycles. The molecular formula is C22H26FN3O2. The molecule has 0 bridgehead atoms. The van der Waals surface area contributed by atoms with Gasteiger partial charge in [-0.3, -0.25) is 9.59 Å². The van der Waals surface area contributed by atoms with Gasteiger partial charge in [-0.1, -0.05) is 43.3 Å². The number of amides is 2. The number of rotatable bonds is 6. The average Bonchev–Trinajstić information content (AvgIpc) is 2.74. The predicted octanol–water partition coefficient (Wildman–Crippen LogP) is 2.50. The van der Waals surface area contributed by atoms with E-state index in [1.807, 2.05) is 37.3 Å². The van der Waals surface area contributed by atoms with Gasteiger partial charge in [0.05, 0.1) is 0 Å². The summed E-state index contributed by atoms with van der Waals surface area (Å²) in [4.78, 5) is 29.1. The van der Waals surface area contributed by atoms with Crippen LogP contribution in [0.15, 0.2) is 54.6 Å². The molecule has 0 radical (unpaired) electrons. The second-order valence-corrected chi connectivity index (χ2v) is 7.14. The van der Waals surface area contributed by atoms with Gasteiger partial charge >= 0.3 is 0 Å². The number of benzene rings is 2. The molecule has 28 heavy (non-hydrogen) atoms. The number of halogens is 1. The average molecular weight is 383 g/mol. The number of hydrogen-bond acceptors (Lipinski definition) is 3. The fourth-order valence-electron chi connectivity index (χ4n) is 3.42. The highest BCUT2D eigenvalue weighted by molar-refractivity contribution is 5.96. The Morgan fingerprint density at radius 3 is 2.50 bits per heavy atom. The van der Waals surface area contributed by atoms with Crippen LogP contribution in [0.4, 0.5) is 4.39 Å². The molecule has 0 spiro atoms. The molecule has 1 aliphatic heterocycles. The second-order valence-electron chi connectivity index (χ2n) is 7.14. The van der Waals surface area contributed by atoms with Gasteiger partial charge in [0.25, 0.3) is 5.91 Å². The van der Waals surface area contributed by atoms with Crippen molar-refractivity contribution >= 4 is 11.8 Å². The molecule has 0 aliphatic carbocycles. The number of carbonyl (C=O) groups is 2. The van der Waals surface area contributed by atoms with Crippen LogP contribution in [-0.4, -0.2) is 60.9 Å². The van der Waals surface area contributed by atoms with E-state index in [0.717, 1.165) is 18.7 Å². The molecule has 1 heterocycles. The fourth-order valence-corrected chi connectivity index (χ4v) is 3.42. The Kier molecular flexibility index (Phi) is 6.76. The van der Waals surface area contributed by atoms with Crippen LogP contribution in [0.2, 0.25) is 0 Å². The van der Waals surface area contributed by atoms with Crippen LogP contribution in [-0.2, 0) is 4.79 Å². The summed E-state index contributed by atoms with van der Waals surface area (Å²) in [5.41, 5.74) is 1.35. The molecule has 148 valence electrons. The van der Waals surface area contributed by atoms with Crippen molar-refractivity contribution in [3.63, 3.8) is 0 Å². The standard InChI is InChI=1S/C22H26FN3O2/c1-17(18-6-3-2-4-7-18)15-26(16-21(27)25-12-10-24-11-13-25)22(28)19-8-5-9-20(23)14-19/h2-9,14,17,24H,10-13,15-16H2,1H3/t17-/m1/s1. The van der Waals surface area contributed by atoms with E-state index in [4.69, 9.17) is 0 Å². The van der Waals surface area contributed by atoms with E-state index >= 15 is 0 Å². The number of piperazine rings is 1. The number of nitrogens with zero attached hydrogens (tertiary/aromatic N) is 2. The van der Waals surface area contributed by atoms with Gasteiger partial charge in [-0.05, 0) is 29.7 Å². The third kappa shape index (κ3) is 5.16. The minimum Gasteiger partial charge on any atom is -0.339 e. The summed E-state index contributed by atoms with van der Waals surface area (Å²) in [5, 5.41) is 3.22. The van der Waals surface area contributed by atoms with Gasteiger partial charge in [-0.25, -0.2) is 4.39 Å². The third-order valence-corrected chi connectivity index (χ3v) is 5.02. The molecule has 5 nitrogen and oxygen atoms in total. The first-order chi connectivity index (χ1) is 13.5. The van der Waals surface area contributed by atoms with E-state index in [0.29, 0.717) is 19.6 Å². The maximum Gasteiger partial charge on any atom is 0.254 e. The molecule has 1 aliphatic rings. The van der Waals surface area contributed by atoms with Gasteiger partial charge in [0.2, 0.25) is 5.91 Å². The summed E-state index contributed by atoms with van der Waals surface area (Å²) in [6.45, 7) is 5.18. The molecule has 0 saturated carbocycles. The molecule has 2 aromatic rings. The molecule has 1 fully saturated rings. The van der Waals surface area contributed by atoms with Crippen LogP contribution in [0.25, 0.3) is 0 Å². The quantitative estimate of drug-likeness (QED) is 0.834.